The molecule has 1 unspecified atom stereocenters. The molecule has 0 spiro atoms. The summed E-state index contributed by atoms with van der Waals surface area (Å²) in [5, 5.41) is 11.1. The van der Waals surface area contributed by atoms with Crippen LogP contribution in [0.15, 0.2) is 24.3 Å². The van der Waals surface area contributed by atoms with E-state index in [-0.39, 0.29) is 11.9 Å². The second-order valence-corrected chi connectivity index (χ2v) is 5.79. The molecule has 122 valence electrons. The largest absolute Gasteiger partial charge is 0.497 e. The summed E-state index contributed by atoms with van der Waals surface area (Å²) in [5.41, 5.74) is 7.59. The molecule has 1 heterocycles. The third kappa shape index (κ3) is 3.19. The number of aromatic nitrogens is 3. The van der Waals surface area contributed by atoms with Crippen LogP contribution in [-0.4, -0.2) is 40.6 Å². The number of rotatable bonds is 6. The van der Waals surface area contributed by atoms with Gasteiger partial charge in [0.1, 0.15) is 5.75 Å². The van der Waals surface area contributed by atoms with Crippen LogP contribution in [0.2, 0.25) is 0 Å². The zero-order valence-corrected chi connectivity index (χ0v) is 13.3. The van der Waals surface area contributed by atoms with E-state index in [9.17, 15) is 4.79 Å². The molecule has 2 aromatic rings. The lowest BCUT2D eigenvalue weighted by molar-refractivity contribution is 0.0927. The maximum absolute atomic E-state index is 12.4. The van der Waals surface area contributed by atoms with E-state index in [0.717, 1.165) is 24.3 Å². The van der Waals surface area contributed by atoms with Gasteiger partial charge in [-0.1, -0.05) is 5.21 Å². The summed E-state index contributed by atoms with van der Waals surface area (Å²) in [4.78, 5) is 12.4. The van der Waals surface area contributed by atoms with Gasteiger partial charge < -0.3 is 15.8 Å². The van der Waals surface area contributed by atoms with E-state index in [0.29, 0.717) is 23.9 Å². The highest BCUT2D eigenvalue weighted by Crippen LogP contribution is 2.32. The number of methoxy groups -OCH3 is 1. The Kier molecular flexibility index (Phi) is 4.29. The van der Waals surface area contributed by atoms with E-state index in [1.54, 1.807) is 11.8 Å². The van der Waals surface area contributed by atoms with Crippen LogP contribution in [0.4, 0.5) is 0 Å². The molecular weight excluding hydrogens is 294 g/mol. The standard InChI is InChI=1S/C16H21N5O2/c1-10-15(16(22)18-14(9-17)11-3-4-11)19-20-21(10)12-5-7-13(23-2)8-6-12/h5-8,11,14H,3-4,9,17H2,1-2H3,(H,18,22). The second-order valence-electron chi connectivity index (χ2n) is 5.79. The average molecular weight is 315 g/mol. The van der Waals surface area contributed by atoms with E-state index in [1.165, 1.54) is 0 Å². The minimum absolute atomic E-state index is 0.0213. The molecule has 1 fully saturated rings. The summed E-state index contributed by atoms with van der Waals surface area (Å²) in [6.45, 7) is 2.27. The first-order valence-electron chi connectivity index (χ1n) is 7.71. The average Bonchev–Trinajstić information content (AvgIpc) is 3.35. The molecule has 0 radical (unpaired) electrons. The Morgan fingerprint density at radius 1 is 1.43 bits per heavy atom. The van der Waals surface area contributed by atoms with Gasteiger partial charge in [0.05, 0.1) is 18.5 Å². The monoisotopic (exact) mass is 315 g/mol. The highest BCUT2D eigenvalue weighted by atomic mass is 16.5. The maximum atomic E-state index is 12.4. The quantitative estimate of drug-likeness (QED) is 0.831. The number of nitrogens with two attached hydrogens (primary N) is 1. The molecule has 0 bridgehead atoms. The Bertz CT molecular complexity index is 691. The van der Waals surface area contributed by atoms with Crippen LogP contribution >= 0.6 is 0 Å². The van der Waals surface area contributed by atoms with E-state index in [4.69, 9.17) is 10.5 Å². The molecule has 3 N–H and O–H groups in total. The summed E-state index contributed by atoms with van der Waals surface area (Å²) in [6, 6.07) is 7.44. The van der Waals surface area contributed by atoms with Crippen molar-refractivity contribution in [2.24, 2.45) is 11.7 Å². The van der Waals surface area contributed by atoms with Crippen molar-refractivity contribution in [2.75, 3.05) is 13.7 Å². The molecule has 0 saturated heterocycles. The lowest BCUT2D eigenvalue weighted by Crippen LogP contribution is -2.42. The summed E-state index contributed by atoms with van der Waals surface area (Å²) >= 11 is 0. The molecule has 7 nitrogen and oxygen atoms in total. The Morgan fingerprint density at radius 3 is 2.70 bits per heavy atom. The maximum Gasteiger partial charge on any atom is 0.274 e. The lowest BCUT2D eigenvalue weighted by atomic mass is 10.2. The fourth-order valence-electron chi connectivity index (χ4n) is 2.61. The number of hydrogen-bond acceptors (Lipinski definition) is 5. The van der Waals surface area contributed by atoms with E-state index in [2.05, 4.69) is 15.6 Å². The summed E-state index contributed by atoms with van der Waals surface area (Å²) in [7, 11) is 1.62. The second kappa shape index (κ2) is 6.37. The van der Waals surface area contributed by atoms with Crippen LogP contribution in [0.1, 0.15) is 29.0 Å². The molecule has 3 rings (SSSR count). The van der Waals surface area contributed by atoms with Crippen molar-refractivity contribution in [3.8, 4) is 11.4 Å². The fraction of sp³-hybridized carbons (Fsp3) is 0.438. The zero-order valence-electron chi connectivity index (χ0n) is 13.3. The van der Waals surface area contributed by atoms with Crippen LogP contribution < -0.4 is 15.8 Å². The van der Waals surface area contributed by atoms with E-state index >= 15 is 0 Å². The third-order valence-electron chi connectivity index (χ3n) is 4.19. The van der Waals surface area contributed by atoms with Crippen LogP contribution in [0.5, 0.6) is 5.75 Å². The number of benzene rings is 1. The lowest BCUT2D eigenvalue weighted by Gasteiger charge is -2.15. The van der Waals surface area contributed by atoms with Crippen molar-refractivity contribution in [2.45, 2.75) is 25.8 Å². The molecule has 7 heteroatoms. The number of ether oxygens (including phenoxy) is 1. The van der Waals surface area contributed by atoms with Gasteiger partial charge in [-0.3, -0.25) is 4.79 Å². The molecule has 1 saturated carbocycles. The molecular formula is C16H21N5O2. The van der Waals surface area contributed by atoms with Crippen molar-refractivity contribution in [1.82, 2.24) is 20.3 Å². The van der Waals surface area contributed by atoms with Crippen LogP contribution in [0.3, 0.4) is 0 Å². The Morgan fingerprint density at radius 2 is 2.13 bits per heavy atom. The number of amides is 1. The minimum Gasteiger partial charge on any atom is -0.497 e. The SMILES string of the molecule is COc1ccc(-n2nnc(C(=O)NC(CN)C3CC3)c2C)cc1. The van der Waals surface area contributed by atoms with E-state index < -0.39 is 0 Å². The van der Waals surface area contributed by atoms with Gasteiger partial charge in [-0.15, -0.1) is 5.10 Å². The normalized spacial score (nSPS) is 15.3. The number of carbonyl (C=O) groups is 1. The summed E-state index contributed by atoms with van der Waals surface area (Å²) in [6.07, 6.45) is 2.25. The van der Waals surface area contributed by atoms with Gasteiger partial charge in [0.25, 0.3) is 5.91 Å². The van der Waals surface area contributed by atoms with Gasteiger partial charge in [0.15, 0.2) is 5.69 Å². The molecule has 1 aromatic heterocycles. The van der Waals surface area contributed by atoms with Gasteiger partial charge in [0, 0.05) is 12.6 Å². The van der Waals surface area contributed by atoms with Crippen molar-refractivity contribution < 1.29 is 9.53 Å². The van der Waals surface area contributed by atoms with Crippen molar-refractivity contribution in [3.05, 3.63) is 35.7 Å². The molecule has 1 aliphatic carbocycles. The molecule has 1 aliphatic rings. The zero-order chi connectivity index (χ0) is 16.4. The van der Waals surface area contributed by atoms with Gasteiger partial charge in [-0.2, -0.15) is 0 Å². The number of carbonyl (C=O) groups excluding carboxylic acids is 1. The molecule has 1 amide bonds. The first-order chi connectivity index (χ1) is 11.1. The Hall–Kier alpha value is -2.41. The minimum atomic E-state index is -0.218. The first kappa shape index (κ1) is 15.5. The van der Waals surface area contributed by atoms with Crippen LogP contribution in [0.25, 0.3) is 5.69 Å². The smallest absolute Gasteiger partial charge is 0.274 e. The van der Waals surface area contributed by atoms with Crippen LogP contribution in [0, 0.1) is 12.8 Å². The summed E-state index contributed by atoms with van der Waals surface area (Å²) in [5.74, 6) is 1.05. The molecule has 1 aromatic carbocycles. The number of nitrogens with zero attached hydrogens (tertiary/aromatic N) is 3. The van der Waals surface area contributed by atoms with Gasteiger partial charge in [-0.05, 0) is 49.9 Å². The summed E-state index contributed by atoms with van der Waals surface area (Å²) < 4.78 is 6.78. The first-order valence-corrected chi connectivity index (χ1v) is 7.71. The number of nitrogens with one attached hydrogen (secondary N) is 1. The highest BCUT2D eigenvalue weighted by Gasteiger charge is 2.32. The van der Waals surface area contributed by atoms with Gasteiger partial charge >= 0.3 is 0 Å². The highest BCUT2D eigenvalue weighted by molar-refractivity contribution is 5.93. The number of hydrogen-bond donors (Lipinski definition) is 2. The Balaban J connectivity index is 1.78. The predicted octanol–water partition coefficient (Wildman–Crippen LogP) is 1.05. The van der Waals surface area contributed by atoms with Gasteiger partial charge in [0.2, 0.25) is 0 Å². The third-order valence-corrected chi connectivity index (χ3v) is 4.19. The van der Waals surface area contributed by atoms with E-state index in [1.807, 2.05) is 31.2 Å². The van der Waals surface area contributed by atoms with Crippen LogP contribution in [-0.2, 0) is 0 Å². The topological polar surface area (TPSA) is 95.1 Å². The molecule has 0 aliphatic heterocycles. The fourth-order valence-corrected chi connectivity index (χ4v) is 2.61. The van der Waals surface area contributed by atoms with Crippen molar-refractivity contribution in [3.63, 3.8) is 0 Å². The predicted molar refractivity (Wildman–Crippen MR) is 85.7 cm³/mol. The Labute approximate surface area is 134 Å². The van der Waals surface area contributed by atoms with Crippen molar-refractivity contribution >= 4 is 5.91 Å². The van der Waals surface area contributed by atoms with Gasteiger partial charge in [-0.25, -0.2) is 4.68 Å². The molecule has 23 heavy (non-hydrogen) atoms. The molecule has 1 atom stereocenters. The van der Waals surface area contributed by atoms with Crippen molar-refractivity contribution in [1.29, 1.82) is 0 Å².